The van der Waals surface area contributed by atoms with Crippen molar-refractivity contribution in [1.29, 1.82) is 10.7 Å². The summed E-state index contributed by atoms with van der Waals surface area (Å²) in [6.45, 7) is 4.09. The van der Waals surface area contributed by atoms with Gasteiger partial charge in [0.05, 0.1) is 11.5 Å². The molecule has 2 heterocycles. The fourth-order valence-corrected chi connectivity index (χ4v) is 6.86. The van der Waals surface area contributed by atoms with Crippen molar-refractivity contribution in [1.82, 2.24) is 4.90 Å². The Bertz CT molecular complexity index is 954. The molecule has 3 saturated carbocycles. The van der Waals surface area contributed by atoms with E-state index in [-0.39, 0.29) is 23.4 Å². The molecule has 0 aromatic heterocycles. The Hall–Kier alpha value is -2.35. The molecule has 2 saturated heterocycles. The first-order valence-electron chi connectivity index (χ1n) is 11.9. The first kappa shape index (κ1) is 20.5. The topological polar surface area (TPSA) is 80.0 Å². The molecule has 1 amide bonds. The highest BCUT2D eigenvalue weighted by molar-refractivity contribution is 6.09. The van der Waals surface area contributed by atoms with Crippen LogP contribution in [0.2, 0.25) is 0 Å². The summed E-state index contributed by atoms with van der Waals surface area (Å²) < 4.78 is 0. The van der Waals surface area contributed by atoms with Crippen LogP contribution >= 0.6 is 0 Å². The lowest BCUT2D eigenvalue weighted by molar-refractivity contribution is -0.154. The van der Waals surface area contributed by atoms with Crippen LogP contribution in [0.25, 0.3) is 0 Å². The van der Waals surface area contributed by atoms with Crippen LogP contribution in [0.3, 0.4) is 0 Å². The number of carbonyl (C=O) groups excluding carboxylic acids is 1. The normalized spacial score (nSPS) is 31.4. The van der Waals surface area contributed by atoms with E-state index in [4.69, 9.17) is 5.41 Å². The van der Waals surface area contributed by atoms with Gasteiger partial charge in [0.15, 0.2) is 0 Å². The van der Waals surface area contributed by atoms with Crippen molar-refractivity contribution in [2.24, 2.45) is 16.7 Å². The van der Waals surface area contributed by atoms with Crippen LogP contribution in [0.15, 0.2) is 18.2 Å². The van der Waals surface area contributed by atoms with E-state index >= 15 is 0 Å². The fraction of sp³-hybridized carbons (Fsp3) is 0.654. The monoisotopic (exact) mass is 418 g/mol. The predicted molar refractivity (Wildman–Crippen MR) is 122 cm³/mol. The van der Waals surface area contributed by atoms with E-state index in [1.807, 2.05) is 27.0 Å². The molecule has 0 radical (unpaired) electrons. The SMILES string of the molecule is CNc1cccc(C2CC2)c1C(=N)C(C)(C)CC(=O)N1C2CC3C[C@@H]1CC(C#N)(C3)C2. The number of hydrogen-bond acceptors (Lipinski definition) is 4. The Kier molecular flexibility index (Phi) is 4.70. The van der Waals surface area contributed by atoms with Gasteiger partial charge in [0.25, 0.3) is 0 Å². The number of nitrogens with one attached hydrogen (secondary N) is 2. The van der Waals surface area contributed by atoms with E-state index < -0.39 is 5.41 Å². The molecular weight excluding hydrogens is 384 g/mol. The van der Waals surface area contributed by atoms with Gasteiger partial charge < -0.3 is 15.6 Å². The maximum Gasteiger partial charge on any atom is 0.224 e. The van der Waals surface area contributed by atoms with Gasteiger partial charge in [-0.25, -0.2) is 0 Å². The Morgan fingerprint density at radius 1 is 1.26 bits per heavy atom. The number of benzene rings is 1. The van der Waals surface area contributed by atoms with Gasteiger partial charge in [0.2, 0.25) is 5.91 Å². The van der Waals surface area contributed by atoms with Crippen molar-refractivity contribution >= 4 is 17.3 Å². The van der Waals surface area contributed by atoms with Gasteiger partial charge in [0.1, 0.15) is 0 Å². The smallest absolute Gasteiger partial charge is 0.224 e. The number of rotatable bonds is 6. The molecule has 3 unspecified atom stereocenters. The zero-order chi connectivity index (χ0) is 22.0. The molecule has 31 heavy (non-hydrogen) atoms. The van der Waals surface area contributed by atoms with Crippen LogP contribution in [-0.2, 0) is 4.79 Å². The molecule has 2 aliphatic heterocycles. The Morgan fingerprint density at radius 2 is 1.94 bits per heavy atom. The first-order valence-corrected chi connectivity index (χ1v) is 11.9. The van der Waals surface area contributed by atoms with Gasteiger partial charge in [-0.3, -0.25) is 4.79 Å². The summed E-state index contributed by atoms with van der Waals surface area (Å²) in [4.78, 5) is 15.7. The molecule has 1 aromatic rings. The van der Waals surface area contributed by atoms with Gasteiger partial charge in [-0.05, 0) is 68.4 Å². The lowest BCUT2D eigenvalue weighted by Gasteiger charge is -2.59. The van der Waals surface area contributed by atoms with Crippen LogP contribution in [0.4, 0.5) is 5.69 Å². The van der Waals surface area contributed by atoms with Crippen molar-refractivity contribution < 1.29 is 4.79 Å². The van der Waals surface area contributed by atoms with Crippen molar-refractivity contribution in [2.75, 3.05) is 12.4 Å². The Labute approximate surface area is 185 Å². The number of hydrogen-bond donors (Lipinski definition) is 2. The van der Waals surface area contributed by atoms with Crippen LogP contribution in [0.5, 0.6) is 0 Å². The van der Waals surface area contributed by atoms with Crippen LogP contribution in [0, 0.1) is 33.5 Å². The molecule has 4 atom stereocenters. The summed E-state index contributed by atoms with van der Waals surface area (Å²) >= 11 is 0. The highest BCUT2D eigenvalue weighted by Crippen LogP contribution is 2.56. The molecule has 5 nitrogen and oxygen atoms in total. The third-order valence-electron chi connectivity index (χ3n) is 8.36. The molecule has 0 spiro atoms. The number of anilines is 1. The molecule has 5 heteroatoms. The van der Waals surface area contributed by atoms with Crippen LogP contribution < -0.4 is 5.32 Å². The highest BCUT2D eigenvalue weighted by Gasteiger charge is 2.56. The lowest BCUT2D eigenvalue weighted by Crippen LogP contribution is -2.63. The highest BCUT2D eigenvalue weighted by atomic mass is 16.2. The second kappa shape index (κ2) is 7.08. The molecule has 2 N–H and O–H groups in total. The summed E-state index contributed by atoms with van der Waals surface area (Å²) in [5, 5.41) is 22.2. The standard InChI is InChI=1S/C26H34N4O/c1-25(2,24(28)23-20(17-7-8-17)5-4-6-21(23)29-3)14-22(31)30-18-9-16-10-19(30)13-26(11-16,12-18)15-27/h4-6,16-19,28-29H,7-14H2,1-3H3/t16?,18-,19?,26?/m1/s1. The summed E-state index contributed by atoms with van der Waals surface area (Å²) in [5.74, 6) is 1.33. The molecule has 5 aliphatic rings. The molecule has 6 rings (SSSR count). The summed E-state index contributed by atoms with van der Waals surface area (Å²) in [6, 6.07) is 9.31. The van der Waals surface area contributed by atoms with Gasteiger partial charge in [0, 0.05) is 47.9 Å². The van der Waals surface area contributed by atoms with Crippen molar-refractivity contribution in [2.45, 2.75) is 83.2 Å². The number of nitriles is 1. The van der Waals surface area contributed by atoms with E-state index in [1.165, 1.54) is 18.4 Å². The number of amides is 1. The summed E-state index contributed by atoms with van der Waals surface area (Å²) in [6.07, 6.45) is 7.54. The number of piperidine rings is 2. The van der Waals surface area contributed by atoms with E-state index in [2.05, 4.69) is 28.4 Å². The average molecular weight is 419 g/mol. The van der Waals surface area contributed by atoms with E-state index in [1.54, 1.807) is 0 Å². The minimum atomic E-state index is -0.546. The zero-order valence-electron chi connectivity index (χ0n) is 19.0. The van der Waals surface area contributed by atoms with E-state index in [0.717, 1.165) is 43.4 Å². The van der Waals surface area contributed by atoms with Gasteiger partial charge >= 0.3 is 0 Å². The van der Waals surface area contributed by atoms with Crippen LogP contribution in [-0.4, -0.2) is 35.7 Å². The molecular formula is C26H34N4O. The predicted octanol–water partition coefficient (Wildman–Crippen LogP) is 5.07. The molecule has 3 aliphatic carbocycles. The summed E-state index contributed by atoms with van der Waals surface area (Å²) in [5.41, 5.74) is 3.06. The maximum absolute atomic E-state index is 13.6. The quantitative estimate of drug-likeness (QED) is 0.633. The lowest BCUT2D eigenvalue weighted by atomic mass is 9.56. The largest absolute Gasteiger partial charge is 0.388 e. The van der Waals surface area contributed by atoms with E-state index in [9.17, 15) is 10.1 Å². The van der Waals surface area contributed by atoms with Crippen molar-refractivity contribution in [3.63, 3.8) is 0 Å². The minimum absolute atomic E-state index is 0.173. The molecule has 1 aromatic carbocycles. The second-order valence-electron chi connectivity index (χ2n) is 11.2. The van der Waals surface area contributed by atoms with Gasteiger partial charge in [-0.15, -0.1) is 0 Å². The third kappa shape index (κ3) is 3.35. The van der Waals surface area contributed by atoms with Crippen molar-refractivity contribution in [3.8, 4) is 6.07 Å². The first-order chi connectivity index (χ1) is 14.8. The molecule has 5 fully saturated rings. The van der Waals surface area contributed by atoms with E-state index in [0.29, 0.717) is 24.0 Å². The Balaban J connectivity index is 1.38. The third-order valence-corrected chi connectivity index (χ3v) is 8.36. The summed E-state index contributed by atoms with van der Waals surface area (Å²) in [7, 11) is 1.91. The fourth-order valence-electron chi connectivity index (χ4n) is 6.86. The number of carbonyl (C=O) groups is 1. The zero-order valence-corrected chi connectivity index (χ0v) is 19.0. The van der Waals surface area contributed by atoms with Crippen LogP contribution in [0.1, 0.15) is 82.3 Å². The maximum atomic E-state index is 13.6. The average Bonchev–Trinajstić information content (AvgIpc) is 3.56. The molecule has 164 valence electrons. The molecule has 4 bridgehead atoms. The Morgan fingerprint density at radius 3 is 2.52 bits per heavy atom. The van der Waals surface area contributed by atoms with Gasteiger partial charge in [-0.1, -0.05) is 26.0 Å². The van der Waals surface area contributed by atoms with Crippen molar-refractivity contribution in [3.05, 3.63) is 29.3 Å². The number of nitrogens with zero attached hydrogens (tertiary/aromatic N) is 2. The second-order valence-corrected chi connectivity index (χ2v) is 11.2. The minimum Gasteiger partial charge on any atom is -0.388 e. The van der Waals surface area contributed by atoms with Gasteiger partial charge in [-0.2, -0.15) is 5.26 Å².